The number of aromatic nitrogens is 1. The molecule has 2 nitrogen and oxygen atoms in total. The number of rotatable bonds is 4. The van der Waals surface area contributed by atoms with Gasteiger partial charge in [-0.1, -0.05) is 29.8 Å². The Morgan fingerprint density at radius 2 is 2.06 bits per heavy atom. The van der Waals surface area contributed by atoms with Gasteiger partial charge in [0.1, 0.15) is 0 Å². The van der Waals surface area contributed by atoms with Crippen LogP contribution in [0, 0.1) is 13.8 Å². The maximum absolute atomic E-state index is 9.12. The van der Waals surface area contributed by atoms with Crippen LogP contribution in [0.15, 0.2) is 24.3 Å². The summed E-state index contributed by atoms with van der Waals surface area (Å²) in [5.74, 6) is 0. The third kappa shape index (κ3) is 3.14. The van der Waals surface area contributed by atoms with Crippen LogP contribution in [0.2, 0.25) is 0 Å². The van der Waals surface area contributed by atoms with E-state index in [4.69, 9.17) is 5.11 Å². The van der Waals surface area contributed by atoms with Crippen molar-refractivity contribution in [1.29, 1.82) is 0 Å². The second kappa shape index (κ2) is 5.43. The molecule has 0 saturated carbocycles. The first-order chi connectivity index (χ1) is 8.19. The predicted molar refractivity (Wildman–Crippen MR) is 71.4 cm³/mol. The Balaban J connectivity index is 2.02. The van der Waals surface area contributed by atoms with Gasteiger partial charge in [-0.15, -0.1) is 11.3 Å². The Labute approximate surface area is 106 Å². The number of nitrogens with zero attached hydrogens (tertiary/aromatic N) is 1. The average molecular weight is 247 g/mol. The number of aliphatic hydroxyl groups excluding tert-OH is 1. The summed E-state index contributed by atoms with van der Waals surface area (Å²) >= 11 is 1.62. The molecule has 2 aromatic rings. The van der Waals surface area contributed by atoms with Crippen molar-refractivity contribution in [3.05, 3.63) is 51.0 Å². The summed E-state index contributed by atoms with van der Waals surface area (Å²) in [6.07, 6.45) is 1.97. The molecule has 3 heteroatoms. The van der Waals surface area contributed by atoms with Crippen molar-refractivity contribution < 1.29 is 5.11 Å². The maximum Gasteiger partial charge on any atom is 0.0935 e. The number of hydrogen-bond donors (Lipinski definition) is 1. The molecule has 0 atom stereocenters. The van der Waals surface area contributed by atoms with E-state index in [0.29, 0.717) is 0 Å². The van der Waals surface area contributed by atoms with Gasteiger partial charge in [0.15, 0.2) is 0 Å². The highest BCUT2D eigenvalue weighted by Crippen LogP contribution is 2.19. The molecule has 0 aliphatic rings. The average Bonchev–Trinajstić information content (AvgIpc) is 2.67. The normalized spacial score (nSPS) is 10.8. The molecule has 0 radical (unpaired) electrons. The van der Waals surface area contributed by atoms with Gasteiger partial charge in [-0.05, 0) is 25.8 Å². The second-order valence-electron chi connectivity index (χ2n) is 4.26. The number of aliphatic hydroxyl groups is 1. The Morgan fingerprint density at radius 1 is 1.24 bits per heavy atom. The first-order valence-corrected chi connectivity index (χ1v) is 6.62. The quantitative estimate of drug-likeness (QED) is 0.901. The first-order valence-electron chi connectivity index (χ1n) is 5.80. The molecule has 1 aromatic heterocycles. The summed E-state index contributed by atoms with van der Waals surface area (Å²) in [5.41, 5.74) is 3.62. The summed E-state index contributed by atoms with van der Waals surface area (Å²) in [6, 6.07) is 8.58. The van der Waals surface area contributed by atoms with Crippen molar-refractivity contribution in [1.82, 2.24) is 4.98 Å². The van der Waals surface area contributed by atoms with Crippen molar-refractivity contribution in [2.24, 2.45) is 0 Å². The summed E-state index contributed by atoms with van der Waals surface area (Å²) in [6.45, 7) is 4.17. The van der Waals surface area contributed by atoms with Crippen molar-refractivity contribution in [3.63, 3.8) is 0 Å². The zero-order chi connectivity index (χ0) is 12.3. The highest BCUT2D eigenvalue weighted by molar-refractivity contribution is 7.11. The zero-order valence-electron chi connectivity index (χ0n) is 10.2. The van der Waals surface area contributed by atoms with Gasteiger partial charge in [-0.3, -0.25) is 0 Å². The minimum absolute atomic E-state index is 0.105. The molecule has 0 saturated heterocycles. The first kappa shape index (κ1) is 12.3. The molecule has 90 valence electrons. The molecule has 0 spiro atoms. The molecule has 0 amide bonds. The van der Waals surface area contributed by atoms with Gasteiger partial charge < -0.3 is 5.11 Å². The molecule has 1 aromatic carbocycles. The van der Waals surface area contributed by atoms with E-state index in [0.717, 1.165) is 28.4 Å². The fourth-order valence-corrected chi connectivity index (χ4v) is 2.79. The summed E-state index contributed by atoms with van der Waals surface area (Å²) in [5, 5.41) is 10.2. The second-order valence-corrected chi connectivity index (χ2v) is 5.43. The van der Waals surface area contributed by atoms with Crippen LogP contribution in [-0.4, -0.2) is 10.1 Å². The Kier molecular flexibility index (Phi) is 3.92. The molecule has 17 heavy (non-hydrogen) atoms. The smallest absolute Gasteiger partial charge is 0.0935 e. The third-order valence-electron chi connectivity index (χ3n) is 2.79. The standard InChI is InChI=1S/C14H17NOS/c1-10-4-3-5-12(8-10)6-7-14-15-11(2)13(9-16)17-14/h3-5,8,16H,6-7,9H2,1-2H3. The molecular formula is C14H17NOS. The molecule has 0 unspecified atom stereocenters. The van der Waals surface area contributed by atoms with Crippen LogP contribution in [0.1, 0.15) is 26.7 Å². The Hall–Kier alpha value is -1.19. The van der Waals surface area contributed by atoms with E-state index < -0.39 is 0 Å². The van der Waals surface area contributed by atoms with Gasteiger partial charge in [0.25, 0.3) is 0 Å². The molecule has 0 aliphatic heterocycles. The minimum atomic E-state index is 0.105. The van der Waals surface area contributed by atoms with Crippen LogP contribution in [0.5, 0.6) is 0 Å². The summed E-state index contributed by atoms with van der Waals surface area (Å²) < 4.78 is 0. The van der Waals surface area contributed by atoms with E-state index in [1.165, 1.54) is 11.1 Å². The van der Waals surface area contributed by atoms with Crippen LogP contribution in [0.25, 0.3) is 0 Å². The maximum atomic E-state index is 9.12. The van der Waals surface area contributed by atoms with Gasteiger partial charge in [0.05, 0.1) is 22.2 Å². The van der Waals surface area contributed by atoms with Crippen LogP contribution in [0.4, 0.5) is 0 Å². The highest BCUT2D eigenvalue weighted by atomic mass is 32.1. The lowest BCUT2D eigenvalue weighted by Gasteiger charge is -2.00. The highest BCUT2D eigenvalue weighted by Gasteiger charge is 2.06. The Morgan fingerprint density at radius 3 is 2.71 bits per heavy atom. The zero-order valence-corrected chi connectivity index (χ0v) is 11.0. The van der Waals surface area contributed by atoms with Gasteiger partial charge in [0.2, 0.25) is 0 Å². The lowest BCUT2D eigenvalue weighted by atomic mass is 10.1. The molecule has 1 N–H and O–H groups in total. The molecule has 0 bridgehead atoms. The van der Waals surface area contributed by atoms with Gasteiger partial charge in [0, 0.05) is 6.42 Å². The predicted octanol–water partition coefficient (Wildman–Crippen LogP) is 3.04. The largest absolute Gasteiger partial charge is 0.391 e. The minimum Gasteiger partial charge on any atom is -0.391 e. The lowest BCUT2D eigenvalue weighted by Crippen LogP contribution is -1.91. The molecule has 2 rings (SSSR count). The van der Waals surface area contributed by atoms with Crippen LogP contribution >= 0.6 is 11.3 Å². The number of benzene rings is 1. The van der Waals surface area contributed by atoms with E-state index in [9.17, 15) is 0 Å². The molecule has 0 fully saturated rings. The van der Waals surface area contributed by atoms with Gasteiger partial charge in [-0.2, -0.15) is 0 Å². The summed E-state index contributed by atoms with van der Waals surface area (Å²) in [4.78, 5) is 5.47. The van der Waals surface area contributed by atoms with E-state index in [1.807, 2.05) is 6.92 Å². The number of aryl methyl sites for hydroxylation is 4. The van der Waals surface area contributed by atoms with Crippen molar-refractivity contribution in [2.75, 3.05) is 0 Å². The van der Waals surface area contributed by atoms with Crippen molar-refractivity contribution in [2.45, 2.75) is 33.3 Å². The van der Waals surface area contributed by atoms with E-state index in [2.05, 4.69) is 36.2 Å². The van der Waals surface area contributed by atoms with Crippen molar-refractivity contribution in [3.8, 4) is 0 Å². The topological polar surface area (TPSA) is 33.1 Å². The van der Waals surface area contributed by atoms with Crippen LogP contribution in [-0.2, 0) is 19.4 Å². The van der Waals surface area contributed by atoms with E-state index in [-0.39, 0.29) is 6.61 Å². The molecular weight excluding hydrogens is 230 g/mol. The van der Waals surface area contributed by atoms with E-state index >= 15 is 0 Å². The SMILES string of the molecule is Cc1cccc(CCc2nc(C)c(CO)s2)c1. The fraction of sp³-hybridized carbons (Fsp3) is 0.357. The van der Waals surface area contributed by atoms with Gasteiger partial charge in [-0.25, -0.2) is 4.98 Å². The molecule has 1 heterocycles. The summed E-state index contributed by atoms with van der Waals surface area (Å²) in [7, 11) is 0. The van der Waals surface area contributed by atoms with Crippen LogP contribution < -0.4 is 0 Å². The Bertz CT molecular complexity index is 505. The number of thiazole rings is 1. The third-order valence-corrected chi connectivity index (χ3v) is 3.99. The van der Waals surface area contributed by atoms with E-state index in [1.54, 1.807) is 11.3 Å². The lowest BCUT2D eigenvalue weighted by molar-refractivity contribution is 0.284. The molecule has 0 aliphatic carbocycles. The van der Waals surface area contributed by atoms with Crippen LogP contribution in [0.3, 0.4) is 0 Å². The van der Waals surface area contributed by atoms with Crippen molar-refractivity contribution >= 4 is 11.3 Å². The number of hydrogen-bond acceptors (Lipinski definition) is 3. The monoisotopic (exact) mass is 247 g/mol. The van der Waals surface area contributed by atoms with Gasteiger partial charge >= 0.3 is 0 Å². The fourth-order valence-electron chi connectivity index (χ4n) is 1.86.